The van der Waals surface area contributed by atoms with Gasteiger partial charge in [0.2, 0.25) is 5.91 Å². The number of rotatable bonds is 6. The molecule has 7 nitrogen and oxygen atoms in total. The fraction of sp³-hybridized carbons (Fsp3) is 0.316. The molecule has 1 amide bonds. The van der Waals surface area contributed by atoms with Gasteiger partial charge in [-0.3, -0.25) is 14.9 Å². The largest absolute Gasteiger partial charge is 0.352 e. The van der Waals surface area contributed by atoms with Crippen molar-refractivity contribution >= 4 is 21.6 Å². The summed E-state index contributed by atoms with van der Waals surface area (Å²) in [7, 11) is -3.88. The maximum atomic E-state index is 13.0. The third-order valence-corrected chi connectivity index (χ3v) is 6.25. The predicted molar refractivity (Wildman–Crippen MR) is 105 cm³/mol. The van der Waals surface area contributed by atoms with Crippen molar-refractivity contribution in [2.75, 3.05) is 4.72 Å². The van der Waals surface area contributed by atoms with Gasteiger partial charge in [0, 0.05) is 18.3 Å². The van der Waals surface area contributed by atoms with E-state index in [1.165, 1.54) is 12.1 Å². The van der Waals surface area contributed by atoms with Gasteiger partial charge < -0.3 is 5.32 Å². The van der Waals surface area contributed by atoms with Gasteiger partial charge in [0.05, 0.1) is 5.92 Å². The summed E-state index contributed by atoms with van der Waals surface area (Å²) in [4.78, 5) is 12.7. The molecule has 0 saturated carbocycles. The standard InChI is InChI=1S/C19H23FN4O3S/c1-12-3-9-16(10-4-12)24-28(26,27)19-17(13(2)22-23-19)18(25)21-11-14-5-7-15(20)8-6-14/h3-10,13,17,19,22-24H,11H2,1-2H3,(H,21,25). The summed E-state index contributed by atoms with van der Waals surface area (Å²) >= 11 is 0. The van der Waals surface area contributed by atoms with E-state index >= 15 is 0 Å². The van der Waals surface area contributed by atoms with Crippen LogP contribution in [-0.4, -0.2) is 25.7 Å². The van der Waals surface area contributed by atoms with Crippen LogP contribution in [0, 0.1) is 18.7 Å². The summed E-state index contributed by atoms with van der Waals surface area (Å²) in [5.74, 6) is -1.61. The normalized spacial score (nSPS) is 22.0. The van der Waals surface area contributed by atoms with Crippen LogP contribution in [0.1, 0.15) is 18.1 Å². The quantitative estimate of drug-likeness (QED) is 0.584. The van der Waals surface area contributed by atoms with Gasteiger partial charge in [0.15, 0.2) is 5.37 Å². The molecule has 1 saturated heterocycles. The fourth-order valence-corrected chi connectivity index (χ4v) is 4.61. The molecule has 3 unspecified atom stereocenters. The average molecular weight is 406 g/mol. The van der Waals surface area contributed by atoms with Gasteiger partial charge in [-0.2, -0.15) is 0 Å². The van der Waals surface area contributed by atoms with Crippen LogP contribution in [0.2, 0.25) is 0 Å². The van der Waals surface area contributed by atoms with E-state index in [9.17, 15) is 17.6 Å². The number of nitrogens with one attached hydrogen (secondary N) is 4. The molecule has 2 aromatic carbocycles. The first kappa shape index (κ1) is 20.2. The van der Waals surface area contributed by atoms with E-state index in [0.717, 1.165) is 11.1 Å². The first-order valence-electron chi connectivity index (χ1n) is 8.88. The fourth-order valence-electron chi connectivity index (χ4n) is 3.05. The number of sulfonamides is 1. The highest BCUT2D eigenvalue weighted by Gasteiger charge is 2.45. The molecular formula is C19H23FN4O3S. The number of benzene rings is 2. The van der Waals surface area contributed by atoms with Gasteiger partial charge in [-0.25, -0.2) is 18.2 Å². The molecule has 1 heterocycles. The molecule has 150 valence electrons. The molecule has 28 heavy (non-hydrogen) atoms. The van der Waals surface area contributed by atoms with Crippen LogP contribution in [0.5, 0.6) is 0 Å². The first-order chi connectivity index (χ1) is 13.3. The van der Waals surface area contributed by atoms with E-state index in [4.69, 9.17) is 0 Å². The van der Waals surface area contributed by atoms with Crippen molar-refractivity contribution in [3.63, 3.8) is 0 Å². The molecule has 0 bridgehead atoms. The second-order valence-electron chi connectivity index (χ2n) is 6.88. The van der Waals surface area contributed by atoms with E-state index < -0.39 is 33.3 Å². The molecular weight excluding hydrogens is 383 g/mol. The van der Waals surface area contributed by atoms with Crippen LogP contribution in [-0.2, 0) is 21.4 Å². The topological polar surface area (TPSA) is 99.3 Å². The average Bonchev–Trinajstić information content (AvgIpc) is 3.05. The Kier molecular flexibility index (Phi) is 5.97. The SMILES string of the molecule is Cc1ccc(NS(=O)(=O)C2NNC(C)C2C(=O)NCc2ccc(F)cc2)cc1. The Hall–Kier alpha value is -2.49. The van der Waals surface area contributed by atoms with E-state index in [1.807, 2.05) is 6.92 Å². The molecule has 3 rings (SSSR count). The van der Waals surface area contributed by atoms with Gasteiger partial charge in [0.25, 0.3) is 10.0 Å². The van der Waals surface area contributed by atoms with Crippen molar-refractivity contribution in [2.24, 2.45) is 5.92 Å². The second-order valence-corrected chi connectivity index (χ2v) is 8.68. The Balaban J connectivity index is 1.70. The lowest BCUT2D eigenvalue weighted by Gasteiger charge is -2.21. The Bertz CT molecular complexity index is 933. The summed E-state index contributed by atoms with van der Waals surface area (Å²) in [6, 6.07) is 12.3. The molecule has 0 radical (unpaired) electrons. The monoisotopic (exact) mass is 406 g/mol. The first-order valence-corrected chi connectivity index (χ1v) is 10.4. The van der Waals surface area contributed by atoms with Crippen LogP contribution < -0.4 is 20.9 Å². The smallest absolute Gasteiger partial charge is 0.250 e. The summed E-state index contributed by atoms with van der Waals surface area (Å²) in [5.41, 5.74) is 7.69. The lowest BCUT2D eigenvalue weighted by atomic mass is 10.0. The number of carbonyl (C=O) groups is 1. The van der Waals surface area contributed by atoms with Crippen molar-refractivity contribution < 1.29 is 17.6 Å². The van der Waals surface area contributed by atoms with E-state index in [1.54, 1.807) is 43.3 Å². The number of amides is 1. The number of hydrogen-bond donors (Lipinski definition) is 4. The van der Waals surface area contributed by atoms with Crippen LogP contribution in [0.25, 0.3) is 0 Å². The summed E-state index contributed by atoms with van der Waals surface area (Å²) < 4.78 is 41.2. The summed E-state index contributed by atoms with van der Waals surface area (Å²) in [6.07, 6.45) is 0. The molecule has 1 fully saturated rings. The van der Waals surface area contributed by atoms with Gasteiger partial charge >= 0.3 is 0 Å². The Morgan fingerprint density at radius 3 is 2.36 bits per heavy atom. The van der Waals surface area contributed by atoms with Gasteiger partial charge in [-0.1, -0.05) is 29.8 Å². The molecule has 3 atom stereocenters. The molecule has 0 spiro atoms. The lowest BCUT2D eigenvalue weighted by Crippen LogP contribution is -2.47. The maximum Gasteiger partial charge on any atom is 0.250 e. The highest BCUT2D eigenvalue weighted by atomic mass is 32.2. The number of hydrogen-bond acceptors (Lipinski definition) is 5. The highest BCUT2D eigenvalue weighted by Crippen LogP contribution is 2.22. The third kappa shape index (κ3) is 4.67. The lowest BCUT2D eigenvalue weighted by molar-refractivity contribution is -0.125. The minimum absolute atomic E-state index is 0.181. The van der Waals surface area contributed by atoms with E-state index in [0.29, 0.717) is 5.69 Å². The number of hydrazine groups is 1. The van der Waals surface area contributed by atoms with Crippen molar-refractivity contribution in [3.05, 3.63) is 65.5 Å². The number of anilines is 1. The Morgan fingerprint density at radius 2 is 1.71 bits per heavy atom. The van der Waals surface area contributed by atoms with Gasteiger partial charge in [-0.15, -0.1) is 0 Å². The minimum atomic E-state index is -3.88. The van der Waals surface area contributed by atoms with Crippen molar-refractivity contribution in [3.8, 4) is 0 Å². The van der Waals surface area contributed by atoms with Crippen LogP contribution in [0.3, 0.4) is 0 Å². The molecule has 9 heteroatoms. The van der Waals surface area contributed by atoms with Gasteiger partial charge in [0.1, 0.15) is 5.82 Å². The highest BCUT2D eigenvalue weighted by molar-refractivity contribution is 7.93. The predicted octanol–water partition coefficient (Wildman–Crippen LogP) is 1.63. The minimum Gasteiger partial charge on any atom is -0.352 e. The zero-order chi connectivity index (χ0) is 20.3. The number of carbonyl (C=O) groups excluding carboxylic acids is 1. The van der Waals surface area contributed by atoms with Crippen LogP contribution in [0.4, 0.5) is 10.1 Å². The summed E-state index contributed by atoms with van der Waals surface area (Å²) in [5, 5.41) is 1.59. The van der Waals surface area contributed by atoms with E-state index in [-0.39, 0.29) is 12.4 Å². The van der Waals surface area contributed by atoms with Crippen LogP contribution >= 0.6 is 0 Å². The van der Waals surface area contributed by atoms with Crippen molar-refractivity contribution in [1.82, 2.24) is 16.2 Å². The van der Waals surface area contributed by atoms with Crippen LogP contribution in [0.15, 0.2) is 48.5 Å². The number of aryl methyl sites for hydroxylation is 1. The van der Waals surface area contributed by atoms with E-state index in [2.05, 4.69) is 20.9 Å². The molecule has 1 aliphatic rings. The Labute approximate surface area is 163 Å². The molecule has 0 aliphatic carbocycles. The van der Waals surface area contributed by atoms with Crippen molar-refractivity contribution in [1.29, 1.82) is 0 Å². The molecule has 1 aliphatic heterocycles. The van der Waals surface area contributed by atoms with Crippen molar-refractivity contribution in [2.45, 2.75) is 31.8 Å². The Morgan fingerprint density at radius 1 is 1.07 bits per heavy atom. The second kappa shape index (κ2) is 8.26. The molecule has 4 N–H and O–H groups in total. The zero-order valence-electron chi connectivity index (χ0n) is 15.6. The molecule has 2 aromatic rings. The summed E-state index contributed by atoms with van der Waals surface area (Å²) in [6.45, 7) is 3.82. The third-order valence-electron chi connectivity index (χ3n) is 4.65. The molecule has 0 aromatic heterocycles. The number of halogens is 1. The maximum absolute atomic E-state index is 13.0. The van der Waals surface area contributed by atoms with Gasteiger partial charge in [-0.05, 0) is 43.7 Å². The zero-order valence-corrected chi connectivity index (χ0v) is 16.4.